The van der Waals surface area contributed by atoms with Crippen molar-refractivity contribution in [3.05, 3.63) is 28.8 Å². The SMILES string of the molecule is CC(O)CNc1c(F)cc(F)cc1Cl. The first-order valence-electron chi connectivity index (χ1n) is 4.07. The largest absolute Gasteiger partial charge is 0.392 e. The molecule has 1 aromatic carbocycles. The molecule has 1 unspecified atom stereocenters. The van der Waals surface area contributed by atoms with Gasteiger partial charge in [0.05, 0.1) is 16.8 Å². The first-order chi connectivity index (χ1) is 6.50. The first-order valence-corrected chi connectivity index (χ1v) is 4.45. The third-order valence-electron chi connectivity index (χ3n) is 1.58. The minimum atomic E-state index is -0.768. The van der Waals surface area contributed by atoms with Crippen LogP contribution in [-0.2, 0) is 0 Å². The summed E-state index contributed by atoms with van der Waals surface area (Å²) < 4.78 is 25.7. The van der Waals surface area contributed by atoms with Crippen molar-refractivity contribution in [2.75, 3.05) is 11.9 Å². The Labute approximate surface area is 85.5 Å². The van der Waals surface area contributed by atoms with E-state index >= 15 is 0 Å². The van der Waals surface area contributed by atoms with Crippen LogP contribution in [0.15, 0.2) is 12.1 Å². The third-order valence-corrected chi connectivity index (χ3v) is 1.88. The molecule has 78 valence electrons. The molecule has 1 aromatic rings. The standard InChI is InChI=1S/C9H10ClF2NO/c1-5(14)4-13-9-7(10)2-6(11)3-8(9)12/h2-3,5,13-14H,4H2,1H3. The normalized spacial score (nSPS) is 12.6. The Morgan fingerprint density at radius 3 is 2.64 bits per heavy atom. The summed E-state index contributed by atoms with van der Waals surface area (Å²) in [6, 6.07) is 1.74. The second-order valence-electron chi connectivity index (χ2n) is 2.97. The lowest BCUT2D eigenvalue weighted by molar-refractivity contribution is 0.208. The molecule has 0 bridgehead atoms. The lowest BCUT2D eigenvalue weighted by atomic mass is 10.3. The molecule has 0 saturated carbocycles. The van der Waals surface area contributed by atoms with Crippen LogP contribution in [-0.4, -0.2) is 17.8 Å². The Bertz CT molecular complexity index is 308. The van der Waals surface area contributed by atoms with E-state index in [1.165, 1.54) is 0 Å². The topological polar surface area (TPSA) is 32.3 Å². The summed E-state index contributed by atoms with van der Waals surface area (Å²) in [6.45, 7) is 1.70. The van der Waals surface area contributed by atoms with Gasteiger partial charge in [-0.05, 0) is 13.0 Å². The Kier molecular flexibility index (Phi) is 3.66. The van der Waals surface area contributed by atoms with Gasteiger partial charge >= 0.3 is 0 Å². The summed E-state index contributed by atoms with van der Waals surface area (Å²) in [5.74, 6) is -1.49. The van der Waals surface area contributed by atoms with Gasteiger partial charge in [0, 0.05) is 12.6 Å². The number of aliphatic hydroxyl groups is 1. The minimum absolute atomic E-state index is 0.00830. The van der Waals surface area contributed by atoms with Crippen LogP contribution in [0.2, 0.25) is 5.02 Å². The second-order valence-corrected chi connectivity index (χ2v) is 3.38. The molecular formula is C9H10ClF2NO. The lowest BCUT2D eigenvalue weighted by Gasteiger charge is -2.10. The fraction of sp³-hybridized carbons (Fsp3) is 0.333. The van der Waals surface area contributed by atoms with E-state index in [0.29, 0.717) is 0 Å². The Hall–Kier alpha value is -0.870. The summed E-state index contributed by atoms with van der Waals surface area (Å²) in [4.78, 5) is 0. The number of benzene rings is 1. The van der Waals surface area contributed by atoms with E-state index in [9.17, 15) is 8.78 Å². The second kappa shape index (κ2) is 4.57. The van der Waals surface area contributed by atoms with Gasteiger partial charge in [0.1, 0.15) is 5.82 Å². The summed E-state index contributed by atoms with van der Waals surface area (Å²) >= 11 is 5.59. The van der Waals surface area contributed by atoms with Crippen molar-refractivity contribution in [2.24, 2.45) is 0 Å². The van der Waals surface area contributed by atoms with E-state index in [1.54, 1.807) is 6.92 Å². The molecule has 0 aromatic heterocycles. The van der Waals surface area contributed by atoms with Crippen LogP contribution in [0.1, 0.15) is 6.92 Å². The highest BCUT2D eigenvalue weighted by Gasteiger charge is 2.09. The smallest absolute Gasteiger partial charge is 0.150 e. The van der Waals surface area contributed by atoms with E-state index in [-0.39, 0.29) is 17.3 Å². The molecule has 0 saturated heterocycles. The first kappa shape index (κ1) is 11.2. The molecule has 0 aliphatic rings. The molecule has 0 radical (unpaired) electrons. The molecule has 1 rings (SSSR count). The number of rotatable bonds is 3. The summed E-state index contributed by atoms with van der Waals surface area (Å²) in [5, 5.41) is 11.5. The molecule has 0 heterocycles. The molecule has 0 amide bonds. The summed E-state index contributed by atoms with van der Waals surface area (Å²) in [7, 11) is 0. The predicted molar refractivity (Wildman–Crippen MR) is 51.5 cm³/mol. The van der Waals surface area contributed by atoms with Crippen LogP contribution >= 0.6 is 11.6 Å². The molecule has 0 aliphatic carbocycles. The van der Waals surface area contributed by atoms with Crippen molar-refractivity contribution >= 4 is 17.3 Å². The maximum absolute atomic E-state index is 13.1. The molecule has 1 atom stereocenters. The van der Waals surface area contributed by atoms with Gasteiger partial charge in [-0.3, -0.25) is 0 Å². The van der Waals surface area contributed by atoms with E-state index < -0.39 is 17.7 Å². The van der Waals surface area contributed by atoms with Crippen molar-refractivity contribution in [3.63, 3.8) is 0 Å². The van der Waals surface area contributed by atoms with Crippen LogP contribution in [0.5, 0.6) is 0 Å². The average Bonchev–Trinajstić information content (AvgIpc) is 2.01. The minimum Gasteiger partial charge on any atom is -0.392 e. The molecule has 2 nitrogen and oxygen atoms in total. The Morgan fingerprint density at radius 1 is 1.50 bits per heavy atom. The van der Waals surface area contributed by atoms with Gasteiger partial charge in [-0.2, -0.15) is 0 Å². The van der Waals surface area contributed by atoms with Crippen LogP contribution in [0.4, 0.5) is 14.5 Å². The van der Waals surface area contributed by atoms with Gasteiger partial charge in [0.2, 0.25) is 0 Å². The van der Waals surface area contributed by atoms with Gasteiger partial charge in [-0.25, -0.2) is 8.78 Å². The Morgan fingerprint density at radius 2 is 2.14 bits per heavy atom. The number of aliphatic hydroxyl groups excluding tert-OH is 1. The van der Waals surface area contributed by atoms with Crippen molar-refractivity contribution in [1.29, 1.82) is 0 Å². The number of halogens is 3. The molecule has 2 N–H and O–H groups in total. The van der Waals surface area contributed by atoms with E-state index in [4.69, 9.17) is 16.7 Å². The van der Waals surface area contributed by atoms with Crippen LogP contribution in [0, 0.1) is 11.6 Å². The van der Waals surface area contributed by atoms with Crippen molar-refractivity contribution < 1.29 is 13.9 Å². The number of nitrogens with one attached hydrogen (secondary N) is 1. The fourth-order valence-corrected chi connectivity index (χ4v) is 1.22. The predicted octanol–water partition coefficient (Wildman–Crippen LogP) is 2.41. The fourth-order valence-electron chi connectivity index (χ4n) is 0.961. The number of hydrogen-bond acceptors (Lipinski definition) is 2. The Balaban J connectivity index is 2.86. The van der Waals surface area contributed by atoms with Crippen molar-refractivity contribution in [1.82, 2.24) is 0 Å². The van der Waals surface area contributed by atoms with Crippen LogP contribution < -0.4 is 5.32 Å². The monoisotopic (exact) mass is 221 g/mol. The quantitative estimate of drug-likeness (QED) is 0.822. The van der Waals surface area contributed by atoms with Crippen LogP contribution in [0.25, 0.3) is 0 Å². The molecule has 0 aliphatic heterocycles. The third kappa shape index (κ3) is 2.82. The van der Waals surface area contributed by atoms with Gasteiger partial charge < -0.3 is 10.4 Å². The molecular weight excluding hydrogens is 212 g/mol. The zero-order valence-electron chi connectivity index (χ0n) is 7.52. The zero-order chi connectivity index (χ0) is 10.7. The highest BCUT2D eigenvalue weighted by molar-refractivity contribution is 6.33. The highest BCUT2D eigenvalue weighted by Crippen LogP contribution is 2.26. The maximum Gasteiger partial charge on any atom is 0.150 e. The number of hydrogen-bond donors (Lipinski definition) is 2. The van der Waals surface area contributed by atoms with E-state index in [0.717, 1.165) is 12.1 Å². The summed E-state index contributed by atoms with van der Waals surface area (Å²) in [6.07, 6.45) is -0.629. The van der Waals surface area contributed by atoms with Gasteiger partial charge in [0.15, 0.2) is 5.82 Å². The van der Waals surface area contributed by atoms with Gasteiger partial charge in [-0.1, -0.05) is 11.6 Å². The zero-order valence-corrected chi connectivity index (χ0v) is 8.28. The van der Waals surface area contributed by atoms with E-state index in [2.05, 4.69) is 5.32 Å². The van der Waals surface area contributed by atoms with Crippen LogP contribution in [0.3, 0.4) is 0 Å². The maximum atomic E-state index is 13.1. The highest BCUT2D eigenvalue weighted by atomic mass is 35.5. The molecule has 14 heavy (non-hydrogen) atoms. The van der Waals surface area contributed by atoms with Gasteiger partial charge in [-0.15, -0.1) is 0 Å². The van der Waals surface area contributed by atoms with E-state index in [1.807, 2.05) is 0 Å². The molecule has 0 fully saturated rings. The van der Waals surface area contributed by atoms with Crippen molar-refractivity contribution in [2.45, 2.75) is 13.0 Å². The molecule has 5 heteroatoms. The van der Waals surface area contributed by atoms with Crippen molar-refractivity contribution in [3.8, 4) is 0 Å². The van der Waals surface area contributed by atoms with Gasteiger partial charge in [0.25, 0.3) is 0 Å². The molecule has 0 spiro atoms. The number of anilines is 1. The lowest BCUT2D eigenvalue weighted by Crippen LogP contribution is -2.16. The summed E-state index contributed by atoms with van der Waals surface area (Å²) in [5.41, 5.74) is 0.00830. The average molecular weight is 222 g/mol.